The molecule has 106 valence electrons. The Hall–Kier alpha value is -0.120. The van der Waals surface area contributed by atoms with Crippen molar-refractivity contribution in [1.82, 2.24) is 10.2 Å². The van der Waals surface area contributed by atoms with Gasteiger partial charge < -0.3 is 10.1 Å². The fraction of sp³-hybridized carbons (Fsp3) is 1.00. The fourth-order valence-electron chi connectivity index (χ4n) is 2.97. The van der Waals surface area contributed by atoms with Crippen molar-refractivity contribution in [2.24, 2.45) is 11.8 Å². The molecule has 0 aromatic heterocycles. The predicted molar refractivity (Wildman–Crippen MR) is 75.8 cm³/mol. The van der Waals surface area contributed by atoms with Gasteiger partial charge in [0.1, 0.15) is 0 Å². The third-order valence-corrected chi connectivity index (χ3v) is 4.21. The van der Waals surface area contributed by atoms with Crippen LogP contribution in [0.1, 0.15) is 40.0 Å². The van der Waals surface area contributed by atoms with Gasteiger partial charge >= 0.3 is 0 Å². The van der Waals surface area contributed by atoms with Crippen LogP contribution >= 0.6 is 0 Å². The number of nitrogens with one attached hydrogen (secondary N) is 1. The summed E-state index contributed by atoms with van der Waals surface area (Å²) in [6.07, 6.45) is 4.11. The highest BCUT2D eigenvalue weighted by atomic mass is 16.5. The van der Waals surface area contributed by atoms with Crippen molar-refractivity contribution in [2.75, 3.05) is 39.4 Å². The van der Waals surface area contributed by atoms with Crippen molar-refractivity contribution in [2.45, 2.75) is 45.6 Å². The molecule has 3 heteroatoms. The Morgan fingerprint density at radius 3 is 2.83 bits per heavy atom. The van der Waals surface area contributed by atoms with Gasteiger partial charge in [-0.1, -0.05) is 13.8 Å². The van der Waals surface area contributed by atoms with E-state index in [-0.39, 0.29) is 0 Å². The van der Waals surface area contributed by atoms with Gasteiger partial charge in [-0.25, -0.2) is 0 Å². The first-order valence-electron chi connectivity index (χ1n) is 7.65. The van der Waals surface area contributed by atoms with E-state index in [0.717, 1.165) is 25.7 Å². The van der Waals surface area contributed by atoms with Gasteiger partial charge in [-0.05, 0) is 51.1 Å². The van der Waals surface area contributed by atoms with Crippen LogP contribution in [0.2, 0.25) is 0 Å². The summed E-state index contributed by atoms with van der Waals surface area (Å²) in [5.41, 5.74) is 0.356. The first kappa shape index (κ1) is 14.3. The second-order valence-corrected chi connectivity index (χ2v) is 6.72. The molecule has 1 unspecified atom stereocenters. The maximum atomic E-state index is 5.72. The maximum absolute atomic E-state index is 5.72. The number of nitrogens with zero attached hydrogens (tertiary/aromatic N) is 1. The molecule has 0 amide bonds. The molecule has 2 aliphatic rings. The molecule has 0 aromatic carbocycles. The molecule has 0 radical (unpaired) electrons. The summed E-state index contributed by atoms with van der Waals surface area (Å²) < 4.78 is 5.72. The van der Waals surface area contributed by atoms with Crippen LogP contribution in [-0.4, -0.2) is 49.8 Å². The van der Waals surface area contributed by atoms with E-state index in [1.54, 1.807) is 0 Å². The van der Waals surface area contributed by atoms with Crippen molar-refractivity contribution in [3.8, 4) is 0 Å². The summed E-state index contributed by atoms with van der Waals surface area (Å²) in [4.78, 5) is 2.60. The average Bonchev–Trinajstić information content (AvgIpc) is 3.11. The Morgan fingerprint density at radius 2 is 2.17 bits per heavy atom. The summed E-state index contributed by atoms with van der Waals surface area (Å²) in [5.74, 6) is 1.56. The first-order chi connectivity index (χ1) is 8.60. The minimum atomic E-state index is 0.356. The fourth-order valence-corrected chi connectivity index (χ4v) is 2.97. The smallest absolute Gasteiger partial charge is 0.0593 e. The zero-order valence-electron chi connectivity index (χ0n) is 12.4. The third-order valence-electron chi connectivity index (χ3n) is 4.21. The monoisotopic (exact) mass is 254 g/mol. The maximum Gasteiger partial charge on any atom is 0.0593 e. The molecule has 1 heterocycles. The minimum Gasteiger partial charge on any atom is -0.380 e. The average molecular weight is 254 g/mol. The second kappa shape index (κ2) is 6.36. The van der Waals surface area contributed by atoms with Gasteiger partial charge in [-0.3, -0.25) is 4.90 Å². The third kappa shape index (κ3) is 4.22. The standard InChI is InChI=1S/C15H30N2O/c1-13(2)11-18-10-9-17-8-4-7-16-15(3,12-17)14-5-6-14/h13-14,16H,4-12H2,1-3H3. The van der Waals surface area contributed by atoms with E-state index in [1.807, 2.05) is 0 Å². The van der Waals surface area contributed by atoms with Crippen LogP contribution in [0.15, 0.2) is 0 Å². The van der Waals surface area contributed by atoms with Crippen molar-refractivity contribution in [3.63, 3.8) is 0 Å². The SMILES string of the molecule is CC(C)COCCN1CCCNC(C)(C2CC2)C1. The van der Waals surface area contributed by atoms with Crippen LogP contribution in [0.4, 0.5) is 0 Å². The van der Waals surface area contributed by atoms with E-state index in [1.165, 1.54) is 38.9 Å². The highest BCUT2D eigenvalue weighted by molar-refractivity contribution is 5.00. The van der Waals surface area contributed by atoms with E-state index in [9.17, 15) is 0 Å². The molecule has 1 atom stereocenters. The van der Waals surface area contributed by atoms with Gasteiger partial charge in [0.2, 0.25) is 0 Å². The zero-order chi connectivity index (χ0) is 13.0. The Balaban J connectivity index is 1.73. The molecular weight excluding hydrogens is 224 g/mol. The summed E-state index contributed by atoms with van der Waals surface area (Å²) in [6, 6.07) is 0. The van der Waals surface area contributed by atoms with Crippen molar-refractivity contribution >= 4 is 0 Å². The lowest BCUT2D eigenvalue weighted by Gasteiger charge is -2.34. The number of ether oxygens (including phenoxy) is 1. The quantitative estimate of drug-likeness (QED) is 0.735. The topological polar surface area (TPSA) is 24.5 Å². The van der Waals surface area contributed by atoms with E-state index >= 15 is 0 Å². The van der Waals surface area contributed by atoms with Crippen LogP contribution in [0, 0.1) is 11.8 Å². The molecule has 1 N–H and O–H groups in total. The lowest BCUT2D eigenvalue weighted by atomic mass is 9.95. The van der Waals surface area contributed by atoms with Gasteiger partial charge in [-0.2, -0.15) is 0 Å². The summed E-state index contributed by atoms with van der Waals surface area (Å²) >= 11 is 0. The molecular formula is C15H30N2O. The van der Waals surface area contributed by atoms with Gasteiger partial charge in [0.05, 0.1) is 6.61 Å². The lowest BCUT2D eigenvalue weighted by molar-refractivity contribution is 0.0790. The molecule has 0 bridgehead atoms. The molecule has 0 aromatic rings. The van der Waals surface area contributed by atoms with Crippen molar-refractivity contribution in [1.29, 1.82) is 0 Å². The molecule has 1 saturated heterocycles. The van der Waals surface area contributed by atoms with Crippen LogP contribution < -0.4 is 5.32 Å². The molecule has 1 aliphatic heterocycles. The minimum absolute atomic E-state index is 0.356. The summed E-state index contributed by atoms with van der Waals surface area (Å²) in [6.45, 7) is 13.3. The van der Waals surface area contributed by atoms with Crippen LogP contribution in [0.3, 0.4) is 0 Å². The zero-order valence-corrected chi connectivity index (χ0v) is 12.4. The predicted octanol–water partition coefficient (Wildman–Crippen LogP) is 2.12. The Kier molecular flexibility index (Phi) is 5.05. The van der Waals surface area contributed by atoms with Crippen molar-refractivity contribution in [3.05, 3.63) is 0 Å². The lowest BCUT2D eigenvalue weighted by Crippen LogP contribution is -2.51. The highest BCUT2D eigenvalue weighted by Gasteiger charge is 2.42. The number of rotatable bonds is 6. The number of hydrogen-bond donors (Lipinski definition) is 1. The summed E-state index contributed by atoms with van der Waals surface area (Å²) in [5, 5.41) is 3.78. The normalized spacial score (nSPS) is 30.7. The van der Waals surface area contributed by atoms with E-state index in [0.29, 0.717) is 11.5 Å². The molecule has 1 aliphatic carbocycles. The Morgan fingerprint density at radius 1 is 1.39 bits per heavy atom. The Labute approximate surface area is 112 Å². The Bertz CT molecular complexity index is 253. The van der Waals surface area contributed by atoms with E-state index in [4.69, 9.17) is 4.74 Å². The van der Waals surface area contributed by atoms with Crippen LogP contribution in [-0.2, 0) is 4.74 Å². The van der Waals surface area contributed by atoms with E-state index in [2.05, 4.69) is 31.0 Å². The van der Waals surface area contributed by atoms with Gasteiger partial charge in [-0.15, -0.1) is 0 Å². The molecule has 3 nitrogen and oxygen atoms in total. The molecule has 2 rings (SSSR count). The molecule has 2 fully saturated rings. The van der Waals surface area contributed by atoms with Crippen LogP contribution in [0.25, 0.3) is 0 Å². The largest absolute Gasteiger partial charge is 0.380 e. The van der Waals surface area contributed by atoms with Gasteiger partial charge in [0.25, 0.3) is 0 Å². The molecule has 18 heavy (non-hydrogen) atoms. The van der Waals surface area contributed by atoms with Gasteiger partial charge in [0, 0.05) is 25.2 Å². The first-order valence-corrected chi connectivity index (χ1v) is 7.65. The second-order valence-electron chi connectivity index (χ2n) is 6.72. The van der Waals surface area contributed by atoms with Crippen molar-refractivity contribution < 1.29 is 4.74 Å². The molecule has 0 spiro atoms. The summed E-state index contributed by atoms with van der Waals surface area (Å²) in [7, 11) is 0. The number of hydrogen-bond acceptors (Lipinski definition) is 3. The molecule has 1 saturated carbocycles. The highest BCUT2D eigenvalue weighted by Crippen LogP contribution is 2.40. The van der Waals surface area contributed by atoms with Crippen LogP contribution in [0.5, 0.6) is 0 Å². The van der Waals surface area contributed by atoms with Gasteiger partial charge in [0.15, 0.2) is 0 Å². The van der Waals surface area contributed by atoms with E-state index < -0.39 is 0 Å².